The maximum atomic E-state index is 5.90. The number of hydrogen-bond donors (Lipinski definition) is 1. The predicted octanol–water partition coefficient (Wildman–Crippen LogP) is 1.18. The van der Waals surface area contributed by atoms with Gasteiger partial charge in [0.1, 0.15) is 0 Å². The normalized spacial score (nSPS) is 12.5. The van der Waals surface area contributed by atoms with Gasteiger partial charge in [0.25, 0.3) is 0 Å². The first-order valence-corrected chi connectivity index (χ1v) is 6.30. The molecular formula is C11H19NOSi. The van der Waals surface area contributed by atoms with Crippen LogP contribution in [-0.4, -0.2) is 15.4 Å². The molecule has 0 radical (unpaired) electrons. The van der Waals surface area contributed by atoms with Gasteiger partial charge in [-0.3, -0.25) is 0 Å². The summed E-state index contributed by atoms with van der Waals surface area (Å²) in [6, 6.07) is 8.00. The Bertz CT molecular complexity index is 282. The number of benzene rings is 1. The van der Waals surface area contributed by atoms with Crippen LogP contribution < -0.4 is 10.9 Å². The van der Waals surface area contributed by atoms with E-state index in [0.717, 1.165) is 12.1 Å². The fraction of sp³-hybridized carbons (Fsp3) is 0.455. The van der Waals surface area contributed by atoms with Crippen LogP contribution in [0, 0.1) is 0 Å². The Balaban J connectivity index is 2.50. The van der Waals surface area contributed by atoms with Crippen molar-refractivity contribution in [2.24, 2.45) is 0 Å². The van der Waals surface area contributed by atoms with Crippen molar-refractivity contribution in [2.75, 3.05) is 5.73 Å². The minimum absolute atomic E-state index is 0.0214. The standard InChI is InChI=1S/C11H19NOSi/c1-4-11(2,3)13-14-10-7-5-9(12)6-8-10/h5-8H,4,12,14H2,1-3H3. The van der Waals surface area contributed by atoms with Crippen LogP contribution in [-0.2, 0) is 4.43 Å². The molecule has 78 valence electrons. The second-order valence-corrected chi connectivity index (χ2v) is 5.54. The van der Waals surface area contributed by atoms with Gasteiger partial charge in [-0.25, -0.2) is 0 Å². The summed E-state index contributed by atoms with van der Waals surface area (Å²) in [5, 5.41) is 1.31. The van der Waals surface area contributed by atoms with E-state index in [2.05, 4.69) is 32.9 Å². The molecule has 0 amide bonds. The first-order valence-electron chi connectivity index (χ1n) is 5.02. The van der Waals surface area contributed by atoms with Gasteiger partial charge in [-0.05, 0) is 37.6 Å². The summed E-state index contributed by atoms with van der Waals surface area (Å²) in [6.45, 7) is 6.42. The van der Waals surface area contributed by atoms with Gasteiger partial charge in [0, 0.05) is 5.69 Å². The molecule has 0 aliphatic heterocycles. The Hall–Kier alpha value is -0.803. The topological polar surface area (TPSA) is 35.2 Å². The molecule has 0 aliphatic carbocycles. The van der Waals surface area contributed by atoms with Crippen molar-refractivity contribution >= 4 is 20.6 Å². The minimum atomic E-state index is -0.598. The van der Waals surface area contributed by atoms with Crippen LogP contribution in [0.15, 0.2) is 24.3 Å². The van der Waals surface area contributed by atoms with E-state index in [1.165, 1.54) is 5.19 Å². The summed E-state index contributed by atoms with van der Waals surface area (Å²) in [5.41, 5.74) is 6.45. The average molecular weight is 209 g/mol. The largest absolute Gasteiger partial charge is 0.414 e. The Morgan fingerprint density at radius 3 is 2.36 bits per heavy atom. The van der Waals surface area contributed by atoms with E-state index in [1.54, 1.807) is 0 Å². The molecule has 1 rings (SSSR count). The lowest BCUT2D eigenvalue weighted by atomic mass is 10.1. The third kappa shape index (κ3) is 3.52. The zero-order valence-corrected chi connectivity index (χ0v) is 10.6. The lowest BCUT2D eigenvalue weighted by Gasteiger charge is -2.23. The van der Waals surface area contributed by atoms with Gasteiger partial charge in [-0.2, -0.15) is 0 Å². The Morgan fingerprint density at radius 2 is 1.86 bits per heavy atom. The summed E-state index contributed by atoms with van der Waals surface area (Å²) < 4.78 is 5.90. The molecular weight excluding hydrogens is 190 g/mol. The monoisotopic (exact) mass is 209 g/mol. The molecule has 0 saturated carbocycles. The molecule has 0 atom stereocenters. The number of anilines is 1. The molecule has 0 aromatic heterocycles. The van der Waals surface area contributed by atoms with E-state index in [0.29, 0.717) is 0 Å². The summed E-state index contributed by atoms with van der Waals surface area (Å²) in [5.74, 6) is 0. The molecule has 0 unspecified atom stereocenters. The predicted molar refractivity (Wildman–Crippen MR) is 64.5 cm³/mol. The molecule has 0 bridgehead atoms. The van der Waals surface area contributed by atoms with Crippen LogP contribution in [0.5, 0.6) is 0 Å². The van der Waals surface area contributed by atoms with E-state index in [4.69, 9.17) is 10.2 Å². The molecule has 2 nitrogen and oxygen atoms in total. The smallest absolute Gasteiger partial charge is 0.192 e. The van der Waals surface area contributed by atoms with Crippen molar-refractivity contribution in [1.82, 2.24) is 0 Å². The van der Waals surface area contributed by atoms with Crippen LogP contribution in [0.25, 0.3) is 0 Å². The second-order valence-electron chi connectivity index (χ2n) is 4.14. The number of nitrogen functional groups attached to an aromatic ring is 1. The molecule has 1 aromatic carbocycles. The quantitative estimate of drug-likeness (QED) is 0.597. The summed E-state index contributed by atoms with van der Waals surface area (Å²) in [6.07, 6.45) is 1.05. The van der Waals surface area contributed by atoms with Crippen LogP contribution in [0.3, 0.4) is 0 Å². The van der Waals surface area contributed by atoms with E-state index in [1.807, 2.05) is 12.1 Å². The van der Waals surface area contributed by atoms with Crippen molar-refractivity contribution in [3.05, 3.63) is 24.3 Å². The van der Waals surface area contributed by atoms with Crippen molar-refractivity contribution in [1.29, 1.82) is 0 Å². The average Bonchev–Trinajstić information content (AvgIpc) is 2.17. The highest BCUT2D eigenvalue weighted by atomic mass is 28.2. The molecule has 0 fully saturated rings. The zero-order valence-electron chi connectivity index (χ0n) is 9.21. The number of rotatable bonds is 4. The fourth-order valence-electron chi connectivity index (χ4n) is 0.995. The minimum Gasteiger partial charge on any atom is -0.414 e. The van der Waals surface area contributed by atoms with E-state index >= 15 is 0 Å². The van der Waals surface area contributed by atoms with Crippen molar-refractivity contribution in [3.8, 4) is 0 Å². The Kier molecular flexibility index (Phi) is 3.72. The zero-order chi connectivity index (χ0) is 10.6. The van der Waals surface area contributed by atoms with Crippen LogP contribution >= 0.6 is 0 Å². The van der Waals surface area contributed by atoms with Gasteiger partial charge in [0.15, 0.2) is 9.76 Å². The lowest BCUT2D eigenvalue weighted by molar-refractivity contribution is 0.114. The molecule has 3 heteroatoms. The first-order chi connectivity index (χ1) is 6.53. The highest BCUT2D eigenvalue weighted by molar-refractivity contribution is 6.47. The first kappa shape index (κ1) is 11.3. The third-order valence-electron chi connectivity index (χ3n) is 2.46. The van der Waals surface area contributed by atoms with E-state index < -0.39 is 9.76 Å². The SMILES string of the molecule is CCC(C)(C)O[SiH2]c1ccc(N)cc1. The number of hydrogen-bond acceptors (Lipinski definition) is 2. The summed E-state index contributed by atoms with van der Waals surface area (Å²) >= 11 is 0. The van der Waals surface area contributed by atoms with Crippen molar-refractivity contribution in [2.45, 2.75) is 32.8 Å². The molecule has 14 heavy (non-hydrogen) atoms. The fourth-order valence-corrected chi connectivity index (χ4v) is 2.18. The third-order valence-corrected chi connectivity index (χ3v) is 4.19. The van der Waals surface area contributed by atoms with Crippen molar-refractivity contribution < 1.29 is 4.43 Å². The molecule has 1 aromatic rings. The molecule has 2 N–H and O–H groups in total. The van der Waals surface area contributed by atoms with Gasteiger partial charge in [-0.15, -0.1) is 0 Å². The lowest BCUT2D eigenvalue weighted by Crippen LogP contribution is -2.30. The van der Waals surface area contributed by atoms with Gasteiger partial charge in [0.2, 0.25) is 0 Å². The van der Waals surface area contributed by atoms with E-state index in [-0.39, 0.29) is 5.60 Å². The molecule has 0 saturated heterocycles. The van der Waals surface area contributed by atoms with Crippen LogP contribution in [0.1, 0.15) is 27.2 Å². The van der Waals surface area contributed by atoms with Gasteiger partial charge >= 0.3 is 0 Å². The maximum Gasteiger partial charge on any atom is 0.192 e. The van der Waals surface area contributed by atoms with Crippen molar-refractivity contribution in [3.63, 3.8) is 0 Å². The molecule has 0 spiro atoms. The highest BCUT2D eigenvalue weighted by Crippen LogP contribution is 2.12. The number of nitrogens with two attached hydrogens (primary N) is 1. The summed E-state index contributed by atoms with van der Waals surface area (Å²) in [4.78, 5) is 0. The molecule has 0 aliphatic rings. The Morgan fingerprint density at radius 1 is 1.29 bits per heavy atom. The van der Waals surface area contributed by atoms with Gasteiger partial charge < -0.3 is 10.2 Å². The van der Waals surface area contributed by atoms with E-state index in [9.17, 15) is 0 Å². The Labute approximate surface area is 88.4 Å². The van der Waals surface area contributed by atoms with Gasteiger partial charge in [0.05, 0.1) is 5.60 Å². The maximum absolute atomic E-state index is 5.90. The van der Waals surface area contributed by atoms with Crippen LogP contribution in [0.2, 0.25) is 0 Å². The van der Waals surface area contributed by atoms with Gasteiger partial charge in [-0.1, -0.05) is 19.1 Å². The second kappa shape index (κ2) is 4.62. The van der Waals surface area contributed by atoms with Crippen LogP contribution in [0.4, 0.5) is 5.69 Å². The molecule has 0 heterocycles. The highest BCUT2D eigenvalue weighted by Gasteiger charge is 2.14. The summed E-state index contributed by atoms with van der Waals surface area (Å²) in [7, 11) is -0.598.